The highest BCUT2D eigenvalue weighted by Crippen LogP contribution is 2.28. The van der Waals surface area contributed by atoms with E-state index in [2.05, 4.69) is 4.90 Å². The lowest BCUT2D eigenvalue weighted by molar-refractivity contribution is -0.150. The van der Waals surface area contributed by atoms with Crippen LogP contribution in [0.3, 0.4) is 0 Å². The lowest BCUT2D eigenvalue weighted by Crippen LogP contribution is -2.52. The highest BCUT2D eigenvalue weighted by molar-refractivity contribution is 5.73. The number of morpholine rings is 1. The molecule has 0 unspecified atom stereocenters. The van der Waals surface area contributed by atoms with E-state index in [0.29, 0.717) is 13.2 Å². The standard InChI is InChI=1S/C10H17NO3/c12-10(13)9-7-14-5-4-11(9)6-8-2-1-3-8/h8-9H,1-7H2,(H,12,13)/t9-/m0/s1. The summed E-state index contributed by atoms with van der Waals surface area (Å²) in [5, 5.41) is 8.99. The van der Waals surface area contributed by atoms with Gasteiger partial charge in [0.05, 0.1) is 13.2 Å². The maximum Gasteiger partial charge on any atom is 0.323 e. The molecule has 0 amide bonds. The quantitative estimate of drug-likeness (QED) is 0.722. The van der Waals surface area contributed by atoms with E-state index >= 15 is 0 Å². The number of ether oxygens (including phenoxy) is 1. The van der Waals surface area contributed by atoms with E-state index in [1.54, 1.807) is 0 Å². The van der Waals surface area contributed by atoms with Gasteiger partial charge >= 0.3 is 5.97 Å². The van der Waals surface area contributed by atoms with Crippen molar-refractivity contribution < 1.29 is 14.6 Å². The van der Waals surface area contributed by atoms with Crippen molar-refractivity contribution in [3.05, 3.63) is 0 Å². The summed E-state index contributed by atoms with van der Waals surface area (Å²) < 4.78 is 5.18. The second kappa shape index (κ2) is 4.28. The van der Waals surface area contributed by atoms with Crippen LogP contribution < -0.4 is 0 Å². The van der Waals surface area contributed by atoms with Gasteiger partial charge < -0.3 is 9.84 Å². The average Bonchev–Trinajstić information content (AvgIpc) is 2.12. The normalized spacial score (nSPS) is 29.9. The third-order valence-corrected chi connectivity index (χ3v) is 3.24. The molecule has 1 saturated heterocycles. The van der Waals surface area contributed by atoms with Gasteiger partial charge in [0, 0.05) is 13.1 Å². The summed E-state index contributed by atoms with van der Waals surface area (Å²) in [6.45, 7) is 2.74. The number of carbonyl (C=O) groups is 1. The van der Waals surface area contributed by atoms with Gasteiger partial charge in [-0.3, -0.25) is 9.69 Å². The lowest BCUT2D eigenvalue weighted by Gasteiger charge is -2.37. The zero-order valence-corrected chi connectivity index (χ0v) is 8.32. The Morgan fingerprint density at radius 1 is 1.50 bits per heavy atom. The van der Waals surface area contributed by atoms with Gasteiger partial charge in [-0.05, 0) is 18.8 Å². The van der Waals surface area contributed by atoms with Crippen LogP contribution in [0, 0.1) is 5.92 Å². The fourth-order valence-corrected chi connectivity index (χ4v) is 2.09. The molecule has 0 aromatic rings. The fraction of sp³-hybridized carbons (Fsp3) is 0.900. The minimum Gasteiger partial charge on any atom is -0.480 e. The molecule has 4 heteroatoms. The van der Waals surface area contributed by atoms with Gasteiger partial charge in [0.15, 0.2) is 0 Å². The zero-order chi connectivity index (χ0) is 9.97. The first kappa shape index (κ1) is 9.93. The molecule has 0 aromatic carbocycles. The molecular weight excluding hydrogens is 182 g/mol. The molecule has 0 aromatic heterocycles. The molecule has 1 atom stereocenters. The molecular formula is C10H17NO3. The number of aliphatic carboxylic acids is 1. The number of hydrogen-bond acceptors (Lipinski definition) is 3. The second-order valence-electron chi connectivity index (χ2n) is 4.22. The maximum atomic E-state index is 10.9. The van der Waals surface area contributed by atoms with Gasteiger partial charge in [-0.15, -0.1) is 0 Å². The minimum atomic E-state index is -0.746. The van der Waals surface area contributed by atoms with E-state index in [0.717, 1.165) is 19.0 Å². The largest absolute Gasteiger partial charge is 0.480 e. The van der Waals surface area contributed by atoms with Crippen molar-refractivity contribution in [3.8, 4) is 0 Å². The van der Waals surface area contributed by atoms with Crippen molar-refractivity contribution in [2.75, 3.05) is 26.3 Å². The summed E-state index contributed by atoms with van der Waals surface area (Å²) in [4.78, 5) is 13.0. The van der Waals surface area contributed by atoms with E-state index in [-0.39, 0.29) is 0 Å². The van der Waals surface area contributed by atoms with E-state index in [1.165, 1.54) is 19.3 Å². The smallest absolute Gasteiger partial charge is 0.323 e. The predicted octanol–water partition coefficient (Wildman–Crippen LogP) is 0.572. The molecule has 2 aliphatic rings. The van der Waals surface area contributed by atoms with E-state index in [4.69, 9.17) is 9.84 Å². The predicted molar refractivity (Wildman–Crippen MR) is 51.2 cm³/mol. The minimum absolute atomic E-state index is 0.349. The first-order valence-electron chi connectivity index (χ1n) is 5.32. The van der Waals surface area contributed by atoms with Gasteiger partial charge in [-0.2, -0.15) is 0 Å². The maximum absolute atomic E-state index is 10.9. The number of rotatable bonds is 3. The third-order valence-electron chi connectivity index (χ3n) is 3.24. The zero-order valence-electron chi connectivity index (χ0n) is 8.32. The highest BCUT2D eigenvalue weighted by Gasteiger charge is 2.31. The topological polar surface area (TPSA) is 49.8 Å². The Balaban J connectivity index is 1.88. The fourth-order valence-electron chi connectivity index (χ4n) is 2.09. The van der Waals surface area contributed by atoms with Crippen LogP contribution in [0.2, 0.25) is 0 Å². The second-order valence-corrected chi connectivity index (χ2v) is 4.22. The van der Waals surface area contributed by atoms with Crippen LogP contribution in [0.25, 0.3) is 0 Å². The van der Waals surface area contributed by atoms with Crippen molar-refractivity contribution in [3.63, 3.8) is 0 Å². The Bertz CT molecular complexity index is 215. The summed E-state index contributed by atoms with van der Waals surface area (Å²) in [5.74, 6) is -0.0148. The molecule has 1 aliphatic heterocycles. The highest BCUT2D eigenvalue weighted by atomic mass is 16.5. The number of carboxylic acid groups (broad SMARTS) is 1. The summed E-state index contributed by atoms with van der Waals surface area (Å²) >= 11 is 0. The van der Waals surface area contributed by atoms with Gasteiger partial charge in [-0.1, -0.05) is 6.42 Å². The van der Waals surface area contributed by atoms with Crippen molar-refractivity contribution >= 4 is 5.97 Å². The Morgan fingerprint density at radius 2 is 2.29 bits per heavy atom. The molecule has 2 fully saturated rings. The molecule has 1 heterocycles. The van der Waals surface area contributed by atoms with Crippen LogP contribution in [-0.2, 0) is 9.53 Å². The molecule has 0 spiro atoms. The van der Waals surface area contributed by atoms with Crippen LogP contribution in [0.15, 0.2) is 0 Å². The Labute approximate surface area is 83.8 Å². The Hall–Kier alpha value is -0.610. The van der Waals surface area contributed by atoms with Crippen molar-refractivity contribution in [2.45, 2.75) is 25.3 Å². The first-order chi connectivity index (χ1) is 6.77. The molecule has 0 bridgehead atoms. The van der Waals surface area contributed by atoms with Crippen LogP contribution in [0.5, 0.6) is 0 Å². The Kier molecular flexibility index (Phi) is 3.03. The lowest BCUT2D eigenvalue weighted by atomic mass is 9.85. The molecule has 1 saturated carbocycles. The molecule has 2 rings (SSSR count). The van der Waals surface area contributed by atoms with Gasteiger partial charge in [-0.25, -0.2) is 0 Å². The van der Waals surface area contributed by atoms with Crippen LogP contribution >= 0.6 is 0 Å². The molecule has 4 nitrogen and oxygen atoms in total. The summed E-state index contributed by atoms with van der Waals surface area (Å²) in [6, 6.07) is -0.413. The number of hydrogen-bond donors (Lipinski definition) is 1. The van der Waals surface area contributed by atoms with Crippen LogP contribution in [-0.4, -0.2) is 48.3 Å². The van der Waals surface area contributed by atoms with E-state index < -0.39 is 12.0 Å². The Morgan fingerprint density at radius 3 is 2.86 bits per heavy atom. The van der Waals surface area contributed by atoms with Crippen molar-refractivity contribution in [2.24, 2.45) is 5.92 Å². The summed E-state index contributed by atoms with van der Waals surface area (Å²) in [7, 11) is 0. The first-order valence-corrected chi connectivity index (χ1v) is 5.32. The summed E-state index contributed by atoms with van der Waals surface area (Å²) in [6.07, 6.45) is 3.85. The molecule has 80 valence electrons. The summed E-state index contributed by atoms with van der Waals surface area (Å²) in [5.41, 5.74) is 0. The van der Waals surface area contributed by atoms with Crippen molar-refractivity contribution in [1.29, 1.82) is 0 Å². The molecule has 0 radical (unpaired) electrons. The van der Waals surface area contributed by atoms with Crippen LogP contribution in [0.4, 0.5) is 0 Å². The van der Waals surface area contributed by atoms with Crippen molar-refractivity contribution in [1.82, 2.24) is 4.90 Å². The monoisotopic (exact) mass is 199 g/mol. The third kappa shape index (κ3) is 2.07. The van der Waals surface area contributed by atoms with Crippen LogP contribution in [0.1, 0.15) is 19.3 Å². The average molecular weight is 199 g/mol. The van der Waals surface area contributed by atoms with Gasteiger partial charge in [0.2, 0.25) is 0 Å². The molecule has 1 aliphatic carbocycles. The number of carboxylic acids is 1. The number of nitrogens with zero attached hydrogens (tertiary/aromatic N) is 1. The van der Waals surface area contributed by atoms with E-state index in [1.807, 2.05) is 0 Å². The molecule has 14 heavy (non-hydrogen) atoms. The van der Waals surface area contributed by atoms with E-state index in [9.17, 15) is 4.79 Å². The van der Waals surface area contributed by atoms with Gasteiger partial charge in [0.25, 0.3) is 0 Å². The molecule has 1 N–H and O–H groups in total. The van der Waals surface area contributed by atoms with Gasteiger partial charge in [0.1, 0.15) is 6.04 Å². The SMILES string of the molecule is O=C(O)[C@@H]1COCCN1CC1CCC1.